The zero-order valence-corrected chi connectivity index (χ0v) is 26.3. The minimum absolute atomic E-state index is 0.0180. The number of aromatic nitrogens is 4. The minimum atomic E-state index is -1.41. The SMILES string of the molecule is COc1cc(OC)c(Cl)c(N(COCC[Si](C)(C)C)C(=O)N(C)c2cc(Nc3nn(C)cc3[N+](=O)[O-])ncn2)c1Cl. The van der Waals surface area contributed by atoms with Crippen molar-refractivity contribution in [2.24, 2.45) is 7.05 Å². The highest BCUT2D eigenvalue weighted by Gasteiger charge is 2.30. The van der Waals surface area contributed by atoms with E-state index in [0.717, 1.165) is 6.04 Å². The second kappa shape index (κ2) is 13.3. The molecule has 0 atom stereocenters. The van der Waals surface area contributed by atoms with Crippen molar-refractivity contribution in [3.8, 4) is 11.5 Å². The molecule has 2 amide bonds. The number of aryl methyl sites for hydroxylation is 1. The van der Waals surface area contributed by atoms with Crippen LogP contribution < -0.4 is 24.6 Å². The first-order chi connectivity index (χ1) is 19.3. The molecule has 41 heavy (non-hydrogen) atoms. The fourth-order valence-electron chi connectivity index (χ4n) is 3.56. The summed E-state index contributed by atoms with van der Waals surface area (Å²) in [7, 11) is 4.50. The number of methoxy groups -OCH3 is 2. The Morgan fingerprint density at radius 1 is 1.15 bits per heavy atom. The highest BCUT2D eigenvalue weighted by molar-refractivity contribution is 6.76. The van der Waals surface area contributed by atoms with Gasteiger partial charge in [-0.3, -0.25) is 24.6 Å². The number of anilines is 4. The van der Waals surface area contributed by atoms with Gasteiger partial charge in [0.2, 0.25) is 5.82 Å². The third kappa shape index (κ3) is 7.75. The zero-order valence-electron chi connectivity index (χ0n) is 23.8. The summed E-state index contributed by atoms with van der Waals surface area (Å²) < 4.78 is 18.0. The summed E-state index contributed by atoms with van der Waals surface area (Å²) >= 11 is 13.3. The summed E-state index contributed by atoms with van der Waals surface area (Å²) in [5.74, 6) is 0.816. The van der Waals surface area contributed by atoms with Gasteiger partial charge >= 0.3 is 11.7 Å². The molecule has 14 nitrogen and oxygen atoms in total. The van der Waals surface area contributed by atoms with Gasteiger partial charge in [0.15, 0.2) is 0 Å². The lowest BCUT2D eigenvalue weighted by Crippen LogP contribution is -2.43. The first-order valence-corrected chi connectivity index (χ1v) is 16.7. The van der Waals surface area contributed by atoms with Crippen molar-refractivity contribution in [3.63, 3.8) is 0 Å². The molecule has 0 bridgehead atoms. The van der Waals surface area contributed by atoms with Gasteiger partial charge in [-0.1, -0.05) is 42.8 Å². The summed E-state index contributed by atoms with van der Waals surface area (Å²) in [4.78, 5) is 35.6. The molecule has 2 aromatic heterocycles. The van der Waals surface area contributed by atoms with Crippen molar-refractivity contribution in [1.29, 1.82) is 0 Å². The Kier molecular flexibility index (Phi) is 10.4. The molecular formula is C24H32Cl2N8O6Si. The standard InChI is InChI=1S/C24H32Cl2N8O6Si/c1-31-12-15(34(36)37)23(30-31)29-18-11-19(28-13-27-18)32(2)24(35)33(14-40-8-9-41(5,6)7)22-20(25)16(38-3)10-17(39-4)21(22)26/h10-13H,8-9,14H2,1-7H3,(H,27,28,29,30). The third-order valence-corrected chi connectivity index (χ3v) is 8.24. The molecule has 0 aliphatic heterocycles. The van der Waals surface area contributed by atoms with E-state index in [-0.39, 0.29) is 57.1 Å². The van der Waals surface area contributed by atoms with Gasteiger partial charge in [0, 0.05) is 40.9 Å². The van der Waals surface area contributed by atoms with Crippen LogP contribution in [-0.2, 0) is 11.8 Å². The highest BCUT2D eigenvalue weighted by Crippen LogP contribution is 2.46. The molecule has 17 heteroatoms. The van der Waals surface area contributed by atoms with E-state index in [2.05, 4.69) is 40.0 Å². The van der Waals surface area contributed by atoms with Crippen LogP contribution in [0.25, 0.3) is 0 Å². The number of hydrogen-bond acceptors (Lipinski definition) is 10. The van der Waals surface area contributed by atoms with Gasteiger partial charge in [-0.05, 0) is 6.04 Å². The summed E-state index contributed by atoms with van der Waals surface area (Å²) in [5.41, 5.74) is -0.110. The molecule has 0 spiro atoms. The van der Waals surface area contributed by atoms with Gasteiger partial charge < -0.3 is 19.5 Å². The maximum absolute atomic E-state index is 14.0. The van der Waals surface area contributed by atoms with Crippen molar-refractivity contribution >= 4 is 66.1 Å². The lowest BCUT2D eigenvalue weighted by molar-refractivity contribution is -0.384. The second-order valence-corrected chi connectivity index (χ2v) is 16.4. The Hall–Kier alpha value is -3.66. The third-order valence-electron chi connectivity index (χ3n) is 5.80. The molecule has 222 valence electrons. The van der Waals surface area contributed by atoms with Gasteiger partial charge in [0.25, 0.3) is 0 Å². The van der Waals surface area contributed by atoms with E-state index in [1.54, 1.807) is 7.05 Å². The van der Waals surface area contributed by atoms with Crippen LogP contribution in [0.2, 0.25) is 35.7 Å². The Bertz CT molecular complexity index is 1390. The maximum Gasteiger partial charge on any atom is 0.331 e. The van der Waals surface area contributed by atoms with Crippen molar-refractivity contribution in [3.05, 3.63) is 44.8 Å². The van der Waals surface area contributed by atoms with Crippen LogP contribution >= 0.6 is 23.2 Å². The number of ether oxygens (including phenoxy) is 3. The number of hydrogen-bond donors (Lipinski definition) is 1. The molecule has 0 aliphatic rings. The molecule has 0 fully saturated rings. The van der Waals surface area contributed by atoms with E-state index in [1.807, 2.05) is 0 Å². The molecule has 0 saturated carbocycles. The number of halogens is 2. The van der Waals surface area contributed by atoms with Crippen LogP contribution in [0.1, 0.15) is 0 Å². The van der Waals surface area contributed by atoms with Gasteiger partial charge in [0.1, 0.15) is 52.4 Å². The van der Waals surface area contributed by atoms with Crippen molar-refractivity contribution < 1.29 is 23.9 Å². The molecule has 2 heterocycles. The number of nitrogens with one attached hydrogen (secondary N) is 1. The zero-order chi connectivity index (χ0) is 30.5. The summed E-state index contributed by atoms with van der Waals surface area (Å²) in [6, 6.07) is 3.24. The van der Waals surface area contributed by atoms with Gasteiger partial charge in [-0.15, -0.1) is 5.10 Å². The number of carbonyl (C=O) groups is 1. The van der Waals surface area contributed by atoms with Crippen molar-refractivity contribution in [2.45, 2.75) is 25.7 Å². The number of carbonyl (C=O) groups excluding carboxylic acids is 1. The number of urea groups is 1. The molecular weight excluding hydrogens is 595 g/mol. The Morgan fingerprint density at radius 2 is 1.78 bits per heavy atom. The number of amides is 2. The van der Waals surface area contributed by atoms with Crippen LogP contribution in [0.5, 0.6) is 11.5 Å². The molecule has 1 aromatic carbocycles. The van der Waals surface area contributed by atoms with E-state index < -0.39 is 19.0 Å². The fourth-order valence-corrected chi connectivity index (χ4v) is 5.02. The summed E-state index contributed by atoms with van der Waals surface area (Å²) in [6.07, 6.45) is 2.47. The van der Waals surface area contributed by atoms with Gasteiger partial charge in [-0.2, -0.15) is 0 Å². The van der Waals surface area contributed by atoms with E-state index in [9.17, 15) is 14.9 Å². The van der Waals surface area contributed by atoms with Crippen LogP contribution in [0.3, 0.4) is 0 Å². The summed E-state index contributed by atoms with van der Waals surface area (Å²) in [5, 5.41) is 18.4. The number of nitro groups is 1. The van der Waals surface area contributed by atoms with Gasteiger partial charge in [-0.25, -0.2) is 14.8 Å². The van der Waals surface area contributed by atoms with Crippen LogP contribution in [0.4, 0.5) is 33.6 Å². The Balaban J connectivity index is 1.98. The molecule has 0 saturated heterocycles. The Morgan fingerprint density at radius 3 is 2.34 bits per heavy atom. The summed E-state index contributed by atoms with van der Waals surface area (Å²) in [6.45, 7) is 6.89. The molecule has 0 unspecified atom stereocenters. The lowest BCUT2D eigenvalue weighted by Gasteiger charge is -2.30. The number of benzene rings is 1. The van der Waals surface area contributed by atoms with Gasteiger partial charge in [0.05, 0.1) is 24.8 Å². The van der Waals surface area contributed by atoms with E-state index >= 15 is 0 Å². The first kappa shape index (κ1) is 31.9. The van der Waals surface area contributed by atoms with Crippen molar-refractivity contribution in [1.82, 2.24) is 19.7 Å². The van der Waals surface area contributed by atoms with Crippen LogP contribution in [0, 0.1) is 10.1 Å². The largest absolute Gasteiger partial charge is 0.495 e. The maximum atomic E-state index is 14.0. The second-order valence-electron chi connectivity index (χ2n) is 10.1. The number of nitrogens with zero attached hydrogens (tertiary/aromatic N) is 7. The predicted octanol–water partition coefficient (Wildman–Crippen LogP) is 5.56. The topological polar surface area (TPSA) is 150 Å². The first-order valence-electron chi connectivity index (χ1n) is 12.3. The van der Waals surface area contributed by atoms with Crippen molar-refractivity contribution in [2.75, 3.05) is 49.7 Å². The van der Waals surface area contributed by atoms with Crippen LogP contribution in [-0.4, -0.2) is 73.4 Å². The van der Waals surface area contributed by atoms with E-state index in [4.69, 9.17) is 37.4 Å². The minimum Gasteiger partial charge on any atom is -0.495 e. The molecule has 0 radical (unpaired) electrons. The Labute approximate surface area is 248 Å². The average Bonchev–Trinajstić information content (AvgIpc) is 3.29. The van der Waals surface area contributed by atoms with E-state index in [1.165, 1.54) is 60.4 Å². The quantitative estimate of drug-likeness (QED) is 0.0889. The van der Waals surface area contributed by atoms with E-state index in [0.29, 0.717) is 6.61 Å². The molecule has 1 N–H and O–H groups in total. The monoisotopic (exact) mass is 626 g/mol. The fraction of sp³-hybridized carbons (Fsp3) is 0.417. The number of rotatable bonds is 12. The normalized spacial score (nSPS) is 11.2. The van der Waals surface area contributed by atoms with Crippen LogP contribution in [0.15, 0.2) is 24.7 Å². The lowest BCUT2D eigenvalue weighted by atomic mass is 10.2. The molecule has 3 rings (SSSR count). The molecule has 3 aromatic rings. The smallest absolute Gasteiger partial charge is 0.331 e. The average molecular weight is 628 g/mol. The highest BCUT2D eigenvalue weighted by atomic mass is 35.5. The molecule has 0 aliphatic carbocycles. The predicted molar refractivity (Wildman–Crippen MR) is 160 cm³/mol.